The Kier molecular flexibility index (Phi) is 7.09. The van der Waals surface area contributed by atoms with Gasteiger partial charge in [-0.3, -0.25) is 14.7 Å². The number of rotatable bonds is 8. The van der Waals surface area contributed by atoms with E-state index in [4.69, 9.17) is 21.1 Å². The summed E-state index contributed by atoms with van der Waals surface area (Å²) in [5, 5.41) is 16.3. The van der Waals surface area contributed by atoms with Crippen molar-refractivity contribution in [2.75, 3.05) is 24.3 Å². The maximum absolute atomic E-state index is 12.8. The predicted molar refractivity (Wildman–Crippen MR) is 141 cm³/mol. The Morgan fingerprint density at radius 3 is 2.68 bits per heavy atom. The number of methoxy groups -OCH3 is 1. The molecule has 3 heterocycles. The van der Waals surface area contributed by atoms with E-state index < -0.39 is 18.0 Å². The molecule has 0 radical (unpaired) electrons. The lowest BCUT2D eigenvalue weighted by Gasteiger charge is -2.37. The molecule has 194 valence electrons. The molecule has 1 atom stereocenters. The van der Waals surface area contributed by atoms with Gasteiger partial charge >= 0.3 is 6.09 Å². The number of hydrogen-bond acceptors (Lipinski definition) is 8. The molecular weight excluding hydrogens is 512 g/mol. The predicted octanol–water partition coefficient (Wildman–Crippen LogP) is 4.70. The van der Waals surface area contributed by atoms with Crippen LogP contribution in [0.5, 0.6) is 11.5 Å². The summed E-state index contributed by atoms with van der Waals surface area (Å²) in [6, 6.07) is 13.5. The van der Waals surface area contributed by atoms with E-state index >= 15 is 0 Å². The summed E-state index contributed by atoms with van der Waals surface area (Å²) in [5.74, 6) is 0.934. The van der Waals surface area contributed by atoms with E-state index in [0.29, 0.717) is 57.6 Å². The van der Waals surface area contributed by atoms with Gasteiger partial charge in [0.05, 0.1) is 29.0 Å². The van der Waals surface area contributed by atoms with E-state index in [2.05, 4.69) is 25.6 Å². The van der Waals surface area contributed by atoms with Gasteiger partial charge in [-0.15, -0.1) is 0 Å². The second kappa shape index (κ2) is 10.8. The van der Waals surface area contributed by atoms with E-state index in [1.54, 1.807) is 36.5 Å². The van der Waals surface area contributed by atoms with Crippen molar-refractivity contribution in [3.05, 3.63) is 71.8 Å². The Morgan fingerprint density at radius 1 is 1.13 bits per heavy atom. The van der Waals surface area contributed by atoms with Gasteiger partial charge in [0.15, 0.2) is 0 Å². The minimum absolute atomic E-state index is 0.283. The largest absolute Gasteiger partial charge is 0.494 e. The maximum Gasteiger partial charge on any atom is 0.407 e. The van der Waals surface area contributed by atoms with Crippen molar-refractivity contribution < 1.29 is 24.2 Å². The number of aromatic nitrogens is 3. The number of fused-ring (bicyclic) bond motifs is 1. The minimum Gasteiger partial charge on any atom is -0.494 e. The fourth-order valence-electron chi connectivity index (χ4n) is 4.02. The number of carbonyl (C=O) groups excluding carboxylic acids is 1. The lowest BCUT2D eigenvalue weighted by Crippen LogP contribution is -2.56. The van der Waals surface area contributed by atoms with Gasteiger partial charge in [0, 0.05) is 29.9 Å². The van der Waals surface area contributed by atoms with Crippen molar-refractivity contribution in [1.29, 1.82) is 0 Å². The van der Waals surface area contributed by atoms with Crippen LogP contribution in [0.2, 0.25) is 5.02 Å². The molecule has 0 saturated carbocycles. The first kappa shape index (κ1) is 25.0. The second-order valence-corrected chi connectivity index (χ2v) is 8.85. The highest BCUT2D eigenvalue weighted by molar-refractivity contribution is 6.32. The van der Waals surface area contributed by atoms with Crippen LogP contribution in [0, 0.1) is 0 Å². The van der Waals surface area contributed by atoms with Crippen molar-refractivity contribution >= 4 is 51.7 Å². The molecule has 0 aliphatic carbocycles. The Morgan fingerprint density at radius 2 is 2.00 bits per heavy atom. The number of anilines is 3. The van der Waals surface area contributed by atoms with Crippen molar-refractivity contribution in [3.8, 4) is 11.5 Å². The third kappa shape index (κ3) is 5.23. The zero-order chi connectivity index (χ0) is 26.6. The molecule has 1 saturated heterocycles. The fraction of sp³-hybridized carbons (Fsp3) is 0.192. The molecule has 11 nitrogen and oxygen atoms in total. The summed E-state index contributed by atoms with van der Waals surface area (Å²) >= 11 is 6.46. The fourth-order valence-corrected chi connectivity index (χ4v) is 4.26. The van der Waals surface area contributed by atoms with Crippen LogP contribution in [0.4, 0.5) is 22.0 Å². The normalized spacial score (nSPS) is 14.5. The van der Waals surface area contributed by atoms with E-state index in [1.165, 1.54) is 13.4 Å². The van der Waals surface area contributed by atoms with Gasteiger partial charge < -0.3 is 25.2 Å². The number of amides is 2. The summed E-state index contributed by atoms with van der Waals surface area (Å²) < 4.78 is 11.2. The van der Waals surface area contributed by atoms with Crippen LogP contribution in [-0.2, 0) is 11.4 Å². The van der Waals surface area contributed by atoms with E-state index in [-0.39, 0.29) is 6.61 Å². The molecular formula is C26H23ClN6O5. The zero-order valence-corrected chi connectivity index (χ0v) is 21.0. The quantitative estimate of drug-likeness (QED) is 0.293. The molecule has 1 aliphatic rings. The number of nitrogens with one attached hydrogen (secondary N) is 2. The van der Waals surface area contributed by atoms with Crippen LogP contribution in [0.3, 0.4) is 0 Å². The number of pyridine rings is 1. The van der Waals surface area contributed by atoms with Gasteiger partial charge in [0.1, 0.15) is 36.3 Å². The monoisotopic (exact) mass is 534 g/mol. The van der Waals surface area contributed by atoms with E-state index in [0.717, 1.165) is 10.6 Å². The molecule has 1 fully saturated rings. The molecule has 2 aromatic heterocycles. The highest BCUT2D eigenvalue weighted by atomic mass is 35.5. The van der Waals surface area contributed by atoms with Gasteiger partial charge in [0.25, 0.3) is 0 Å². The number of nitrogens with zero attached hydrogens (tertiary/aromatic N) is 4. The van der Waals surface area contributed by atoms with Crippen LogP contribution in [0.1, 0.15) is 12.1 Å². The smallest absolute Gasteiger partial charge is 0.407 e. The third-order valence-corrected chi connectivity index (χ3v) is 6.37. The topological polar surface area (TPSA) is 139 Å². The van der Waals surface area contributed by atoms with Gasteiger partial charge in [-0.1, -0.05) is 17.7 Å². The summed E-state index contributed by atoms with van der Waals surface area (Å²) in [6.07, 6.45) is 2.43. The lowest BCUT2D eigenvalue weighted by molar-refractivity contribution is -0.124. The van der Waals surface area contributed by atoms with Crippen molar-refractivity contribution in [1.82, 2.24) is 19.9 Å². The molecule has 0 bridgehead atoms. The van der Waals surface area contributed by atoms with Crippen LogP contribution in [0.25, 0.3) is 10.9 Å². The first-order valence-corrected chi connectivity index (χ1v) is 12.0. The van der Waals surface area contributed by atoms with Crippen molar-refractivity contribution in [2.24, 2.45) is 0 Å². The van der Waals surface area contributed by atoms with Gasteiger partial charge in [0.2, 0.25) is 5.91 Å². The molecule has 2 aromatic carbocycles. The third-order valence-electron chi connectivity index (χ3n) is 6.08. The van der Waals surface area contributed by atoms with Crippen LogP contribution in [-0.4, -0.2) is 56.7 Å². The average Bonchev–Trinajstić information content (AvgIpc) is 2.88. The second-order valence-electron chi connectivity index (χ2n) is 8.44. The summed E-state index contributed by atoms with van der Waals surface area (Å²) in [5.41, 5.74) is 2.39. The Bertz CT molecular complexity index is 1500. The summed E-state index contributed by atoms with van der Waals surface area (Å²) in [4.78, 5) is 38.0. The highest BCUT2D eigenvalue weighted by Crippen LogP contribution is 2.35. The Balaban J connectivity index is 1.37. The standard InChI is InChI=1S/C26H23ClN6O5/c1-37-23-12-19-17(11-20(23)32-25(34)21-7-9-33(21)26(35)36)24(30-14-29-19)31-15-5-6-22(18(27)10-15)38-13-16-4-2-3-8-28-16/h2-6,8,10-12,14,21H,7,9,13H2,1H3,(H,32,34)(H,35,36)(H,29,30,31)/t21-/m0/s1. The van der Waals surface area contributed by atoms with Crippen LogP contribution >= 0.6 is 11.6 Å². The lowest BCUT2D eigenvalue weighted by atomic mass is 10.0. The summed E-state index contributed by atoms with van der Waals surface area (Å²) in [6.45, 7) is 0.602. The number of carboxylic acid groups (broad SMARTS) is 1. The molecule has 3 N–H and O–H groups in total. The summed E-state index contributed by atoms with van der Waals surface area (Å²) in [7, 11) is 1.48. The Hall–Kier alpha value is -4.64. The molecule has 0 spiro atoms. The molecule has 2 amide bonds. The molecule has 5 rings (SSSR count). The number of hydrogen-bond donors (Lipinski definition) is 3. The molecule has 4 aromatic rings. The first-order chi connectivity index (χ1) is 18.4. The van der Waals surface area contributed by atoms with Gasteiger partial charge in [-0.05, 0) is 42.8 Å². The average molecular weight is 535 g/mol. The minimum atomic E-state index is -1.13. The highest BCUT2D eigenvalue weighted by Gasteiger charge is 2.37. The number of ether oxygens (including phenoxy) is 2. The number of likely N-dealkylation sites (tertiary alicyclic amines) is 1. The SMILES string of the molecule is COc1cc2ncnc(Nc3ccc(OCc4ccccn4)c(Cl)c3)c2cc1NC(=O)[C@@H]1CCN1C(=O)O. The molecule has 0 unspecified atom stereocenters. The number of halogens is 1. The molecule has 38 heavy (non-hydrogen) atoms. The van der Waals surface area contributed by atoms with Crippen molar-refractivity contribution in [3.63, 3.8) is 0 Å². The first-order valence-electron chi connectivity index (χ1n) is 11.7. The molecule has 12 heteroatoms. The van der Waals surface area contributed by atoms with E-state index in [9.17, 15) is 14.7 Å². The zero-order valence-electron chi connectivity index (χ0n) is 20.2. The maximum atomic E-state index is 12.8. The van der Waals surface area contributed by atoms with Crippen molar-refractivity contribution in [2.45, 2.75) is 19.1 Å². The van der Waals surface area contributed by atoms with Crippen LogP contribution in [0.15, 0.2) is 61.1 Å². The van der Waals surface area contributed by atoms with E-state index in [1.807, 2.05) is 18.2 Å². The van der Waals surface area contributed by atoms with Crippen LogP contribution < -0.4 is 20.1 Å². The molecule has 1 aliphatic heterocycles. The van der Waals surface area contributed by atoms with Gasteiger partial charge in [-0.25, -0.2) is 14.8 Å². The Labute approximate surface area is 222 Å². The number of benzene rings is 2. The number of carbonyl (C=O) groups is 2. The van der Waals surface area contributed by atoms with Gasteiger partial charge in [-0.2, -0.15) is 0 Å².